The smallest absolute Gasteiger partial charge is 0.283 e. The molecule has 0 aliphatic heterocycles. The number of aromatic nitrogens is 2. The Morgan fingerprint density at radius 2 is 2.14 bits per heavy atom. The average Bonchev–Trinajstić information content (AvgIpc) is 2.68. The highest BCUT2D eigenvalue weighted by Gasteiger charge is 2.14. The molecular formula is C9H6F2N2O. The van der Waals surface area contributed by atoms with Gasteiger partial charge >= 0.3 is 0 Å². The number of nitrogens with zero attached hydrogens (tertiary/aromatic N) is 2. The van der Waals surface area contributed by atoms with E-state index in [0.29, 0.717) is 5.69 Å². The van der Waals surface area contributed by atoms with Crippen molar-refractivity contribution >= 4 is 0 Å². The summed E-state index contributed by atoms with van der Waals surface area (Å²) < 4.78 is 29.2. The van der Waals surface area contributed by atoms with Crippen molar-refractivity contribution in [1.29, 1.82) is 0 Å². The van der Waals surface area contributed by atoms with Gasteiger partial charge in [-0.15, -0.1) is 0 Å². The van der Waals surface area contributed by atoms with Crippen LogP contribution in [0.5, 0.6) is 0 Å². The Balaban J connectivity index is 2.34. The van der Waals surface area contributed by atoms with E-state index >= 15 is 0 Å². The van der Waals surface area contributed by atoms with Gasteiger partial charge in [-0.05, 0) is 12.1 Å². The van der Waals surface area contributed by atoms with Gasteiger partial charge in [0, 0.05) is 6.20 Å². The summed E-state index contributed by atoms with van der Waals surface area (Å²) in [4.78, 5) is 7.52. The van der Waals surface area contributed by atoms with Gasteiger partial charge in [-0.3, -0.25) is 4.98 Å². The van der Waals surface area contributed by atoms with E-state index < -0.39 is 6.43 Å². The van der Waals surface area contributed by atoms with E-state index in [1.165, 1.54) is 0 Å². The van der Waals surface area contributed by atoms with E-state index in [0.717, 1.165) is 6.26 Å². The van der Waals surface area contributed by atoms with Gasteiger partial charge in [0.2, 0.25) is 5.89 Å². The van der Waals surface area contributed by atoms with Crippen LogP contribution in [-0.2, 0) is 0 Å². The van der Waals surface area contributed by atoms with Crippen molar-refractivity contribution in [3.8, 4) is 11.6 Å². The minimum atomic E-state index is -2.61. The van der Waals surface area contributed by atoms with Crippen molar-refractivity contribution in [1.82, 2.24) is 9.97 Å². The molecule has 2 rings (SSSR count). The molecule has 0 amide bonds. The Hall–Kier alpha value is -1.78. The van der Waals surface area contributed by atoms with Gasteiger partial charge < -0.3 is 4.42 Å². The van der Waals surface area contributed by atoms with Crippen LogP contribution in [0.4, 0.5) is 8.78 Å². The first-order valence-electron chi connectivity index (χ1n) is 3.92. The van der Waals surface area contributed by atoms with Crippen LogP contribution in [0.25, 0.3) is 11.6 Å². The van der Waals surface area contributed by atoms with Gasteiger partial charge in [0.05, 0.1) is 0 Å². The van der Waals surface area contributed by atoms with Gasteiger partial charge in [-0.25, -0.2) is 13.8 Å². The molecule has 2 aromatic rings. The molecular weight excluding hydrogens is 190 g/mol. The van der Waals surface area contributed by atoms with E-state index in [4.69, 9.17) is 4.42 Å². The second kappa shape index (κ2) is 3.53. The van der Waals surface area contributed by atoms with Crippen molar-refractivity contribution in [2.24, 2.45) is 0 Å². The summed E-state index contributed by atoms with van der Waals surface area (Å²) in [5, 5.41) is 0. The van der Waals surface area contributed by atoms with E-state index in [9.17, 15) is 8.78 Å². The number of pyridine rings is 1. The quantitative estimate of drug-likeness (QED) is 0.741. The molecule has 0 saturated carbocycles. The largest absolute Gasteiger partial charge is 0.443 e. The molecule has 0 unspecified atom stereocenters. The van der Waals surface area contributed by atoms with Crippen molar-refractivity contribution in [2.45, 2.75) is 6.43 Å². The predicted octanol–water partition coefficient (Wildman–Crippen LogP) is 2.67. The topological polar surface area (TPSA) is 38.9 Å². The minimum absolute atomic E-state index is 0.112. The van der Waals surface area contributed by atoms with Crippen LogP contribution in [0.15, 0.2) is 35.1 Å². The molecule has 3 nitrogen and oxygen atoms in total. The van der Waals surface area contributed by atoms with Crippen molar-refractivity contribution in [3.05, 3.63) is 36.4 Å². The SMILES string of the molecule is FC(F)c1coc(-c2ccccn2)n1. The van der Waals surface area contributed by atoms with Crippen LogP contribution in [0, 0.1) is 0 Å². The first kappa shape index (κ1) is 8.80. The Kier molecular flexibility index (Phi) is 2.22. The maximum absolute atomic E-state index is 12.2. The minimum Gasteiger partial charge on any atom is -0.443 e. The number of rotatable bonds is 2. The Morgan fingerprint density at radius 3 is 2.71 bits per heavy atom. The predicted molar refractivity (Wildman–Crippen MR) is 44.7 cm³/mol. The zero-order valence-electron chi connectivity index (χ0n) is 7.02. The molecule has 0 saturated heterocycles. The highest BCUT2D eigenvalue weighted by molar-refractivity contribution is 5.46. The summed E-state index contributed by atoms with van der Waals surface area (Å²) in [5.41, 5.74) is 0.0741. The van der Waals surface area contributed by atoms with E-state index in [1.54, 1.807) is 24.4 Å². The number of oxazole rings is 1. The molecule has 0 radical (unpaired) electrons. The van der Waals surface area contributed by atoms with Crippen LogP contribution in [0.3, 0.4) is 0 Å². The molecule has 0 aliphatic rings. The van der Waals surface area contributed by atoms with Gasteiger partial charge in [0.1, 0.15) is 17.7 Å². The molecule has 5 heteroatoms. The number of alkyl halides is 2. The maximum Gasteiger partial charge on any atom is 0.283 e. The summed E-state index contributed by atoms with van der Waals surface area (Å²) in [7, 11) is 0. The van der Waals surface area contributed by atoms with Gasteiger partial charge in [0.15, 0.2) is 0 Å². The highest BCUT2D eigenvalue weighted by Crippen LogP contribution is 2.22. The molecule has 0 atom stereocenters. The molecule has 0 spiro atoms. The number of halogens is 2. The van der Waals surface area contributed by atoms with Crippen molar-refractivity contribution < 1.29 is 13.2 Å². The van der Waals surface area contributed by atoms with E-state index in [2.05, 4.69) is 9.97 Å². The zero-order chi connectivity index (χ0) is 9.97. The van der Waals surface area contributed by atoms with Crippen LogP contribution >= 0.6 is 0 Å². The molecule has 0 N–H and O–H groups in total. The molecule has 0 aliphatic carbocycles. The third-order valence-electron chi connectivity index (χ3n) is 1.63. The van der Waals surface area contributed by atoms with Gasteiger partial charge in [-0.1, -0.05) is 6.07 Å². The lowest BCUT2D eigenvalue weighted by Crippen LogP contribution is -1.85. The lowest BCUT2D eigenvalue weighted by Gasteiger charge is -1.91. The van der Waals surface area contributed by atoms with Gasteiger partial charge in [-0.2, -0.15) is 0 Å². The second-order valence-corrected chi connectivity index (χ2v) is 2.59. The second-order valence-electron chi connectivity index (χ2n) is 2.59. The average molecular weight is 196 g/mol. The molecule has 0 fully saturated rings. The number of hydrogen-bond donors (Lipinski definition) is 0. The summed E-state index contributed by atoms with van der Waals surface area (Å²) >= 11 is 0. The molecule has 0 aromatic carbocycles. The third-order valence-corrected chi connectivity index (χ3v) is 1.63. The summed E-state index contributed by atoms with van der Waals surface area (Å²) in [6.07, 6.45) is -0.132. The lowest BCUT2D eigenvalue weighted by atomic mass is 10.3. The van der Waals surface area contributed by atoms with Crippen LogP contribution in [-0.4, -0.2) is 9.97 Å². The Bertz CT molecular complexity index is 414. The monoisotopic (exact) mass is 196 g/mol. The summed E-state index contributed by atoms with van der Waals surface area (Å²) in [6, 6.07) is 5.09. The van der Waals surface area contributed by atoms with Crippen molar-refractivity contribution in [2.75, 3.05) is 0 Å². The van der Waals surface area contributed by atoms with Crippen LogP contribution in [0.2, 0.25) is 0 Å². The lowest BCUT2D eigenvalue weighted by molar-refractivity contribution is 0.146. The molecule has 0 bridgehead atoms. The van der Waals surface area contributed by atoms with E-state index in [-0.39, 0.29) is 11.6 Å². The highest BCUT2D eigenvalue weighted by atomic mass is 19.3. The maximum atomic E-state index is 12.2. The Morgan fingerprint density at radius 1 is 1.29 bits per heavy atom. The normalized spacial score (nSPS) is 10.8. The summed E-state index contributed by atoms with van der Waals surface area (Å²) in [6.45, 7) is 0. The molecule has 2 heterocycles. The van der Waals surface area contributed by atoms with E-state index in [1.807, 2.05) is 0 Å². The first-order valence-corrected chi connectivity index (χ1v) is 3.92. The molecule has 2 aromatic heterocycles. The van der Waals surface area contributed by atoms with Gasteiger partial charge in [0.25, 0.3) is 6.43 Å². The molecule has 72 valence electrons. The van der Waals surface area contributed by atoms with Crippen LogP contribution in [0.1, 0.15) is 12.1 Å². The van der Waals surface area contributed by atoms with Crippen molar-refractivity contribution in [3.63, 3.8) is 0 Å². The first-order chi connectivity index (χ1) is 6.77. The molecule has 14 heavy (non-hydrogen) atoms. The Labute approximate surface area is 78.4 Å². The fourth-order valence-corrected chi connectivity index (χ4v) is 0.993. The fourth-order valence-electron chi connectivity index (χ4n) is 0.993. The zero-order valence-corrected chi connectivity index (χ0v) is 7.02. The summed E-state index contributed by atoms with van der Waals surface area (Å²) in [5.74, 6) is 0.112. The number of hydrogen-bond acceptors (Lipinski definition) is 3. The third kappa shape index (κ3) is 1.61. The fraction of sp³-hybridized carbons (Fsp3) is 0.111. The van der Waals surface area contributed by atoms with Crippen LogP contribution < -0.4 is 0 Å². The standard InChI is InChI=1S/C9H6F2N2O/c10-8(11)7-5-14-9(13-7)6-3-1-2-4-12-6/h1-5,8H.